The first-order valence-corrected chi connectivity index (χ1v) is 8.03. The van der Waals surface area contributed by atoms with Gasteiger partial charge in [0.25, 0.3) is 0 Å². The van der Waals surface area contributed by atoms with Crippen molar-refractivity contribution in [3.8, 4) is 0 Å². The average Bonchev–Trinajstić information content (AvgIpc) is 3.27. The summed E-state index contributed by atoms with van der Waals surface area (Å²) in [5.41, 5.74) is 5.54. The maximum absolute atomic E-state index is 12.1. The Bertz CT molecular complexity index is 848. The molecule has 2 heterocycles. The zero-order valence-corrected chi connectivity index (χ0v) is 12.9. The first-order chi connectivity index (χ1) is 11.3. The van der Waals surface area contributed by atoms with Gasteiger partial charge in [0.1, 0.15) is 0 Å². The molecular weight excluding hydrogens is 290 g/mol. The third-order valence-electron chi connectivity index (χ3n) is 4.45. The number of fused-ring (bicyclic) bond motifs is 2. The van der Waals surface area contributed by atoms with Crippen LogP contribution in [0.5, 0.6) is 0 Å². The number of hydrogen-bond donors (Lipinski definition) is 2. The number of imidazole rings is 1. The van der Waals surface area contributed by atoms with Gasteiger partial charge in [-0.05, 0) is 37.0 Å². The van der Waals surface area contributed by atoms with Gasteiger partial charge in [0.15, 0.2) is 0 Å². The SMILES string of the molecule is O=C(CCn1cnc2ccccc21)NCc1n[nH]c2c1CCC2. The molecule has 0 bridgehead atoms. The lowest BCUT2D eigenvalue weighted by Crippen LogP contribution is -2.24. The number of nitrogens with one attached hydrogen (secondary N) is 2. The molecule has 3 aromatic rings. The monoisotopic (exact) mass is 309 g/mol. The topological polar surface area (TPSA) is 75.6 Å². The van der Waals surface area contributed by atoms with Gasteiger partial charge in [0.05, 0.1) is 29.6 Å². The van der Waals surface area contributed by atoms with Gasteiger partial charge >= 0.3 is 0 Å². The number of aromatic nitrogens is 4. The molecule has 0 spiro atoms. The van der Waals surface area contributed by atoms with E-state index in [4.69, 9.17) is 0 Å². The molecule has 1 aromatic carbocycles. The molecule has 23 heavy (non-hydrogen) atoms. The van der Waals surface area contributed by atoms with Crippen molar-refractivity contribution in [2.24, 2.45) is 0 Å². The third-order valence-corrected chi connectivity index (χ3v) is 4.45. The maximum Gasteiger partial charge on any atom is 0.222 e. The summed E-state index contributed by atoms with van der Waals surface area (Å²) >= 11 is 0. The third kappa shape index (κ3) is 2.72. The molecule has 0 radical (unpaired) electrons. The van der Waals surface area contributed by atoms with Crippen LogP contribution in [0.4, 0.5) is 0 Å². The van der Waals surface area contributed by atoms with Crippen molar-refractivity contribution in [2.75, 3.05) is 0 Å². The van der Waals surface area contributed by atoms with E-state index >= 15 is 0 Å². The van der Waals surface area contributed by atoms with E-state index in [9.17, 15) is 4.79 Å². The molecule has 1 amide bonds. The second-order valence-corrected chi connectivity index (χ2v) is 5.93. The molecule has 1 aliphatic rings. The summed E-state index contributed by atoms with van der Waals surface area (Å²) in [5.74, 6) is 0.0394. The van der Waals surface area contributed by atoms with Crippen molar-refractivity contribution in [2.45, 2.75) is 38.8 Å². The van der Waals surface area contributed by atoms with Crippen molar-refractivity contribution in [3.63, 3.8) is 0 Å². The van der Waals surface area contributed by atoms with Crippen LogP contribution in [0.25, 0.3) is 11.0 Å². The van der Waals surface area contributed by atoms with Gasteiger partial charge in [-0.15, -0.1) is 0 Å². The van der Waals surface area contributed by atoms with Gasteiger partial charge in [-0.2, -0.15) is 5.10 Å². The minimum atomic E-state index is 0.0394. The fourth-order valence-corrected chi connectivity index (χ4v) is 3.22. The van der Waals surface area contributed by atoms with E-state index in [2.05, 4.69) is 20.5 Å². The fraction of sp³-hybridized carbons (Fsp3) is 0.353. The predicted octanol–water partition coefficient (Wildman–Crippen LogP) is 1.95. The highest BCUT2D eigenvalue weighted by atomic mass is 16.1. The first kappa shape index (κ1) is 14.0. The Morgan fingerprint density at radius 2 is 2.22 bits per heavy atom. The molecule has 2 N–H and O–H groups in total. The minimum Gasteiger partial charge on any atom is -0.350 e. The number of H-pyrrole nitrogens is 1. The number of amides is 1. The van der Waals surface area contributed by atoms with Gasteiger partial charge in [0.2, 0.25) is 5.91 Å². The number of aromatic amines is 1. The van der Waals surface area contributed by atoms with Crippen LogP contribution in [-0.2, 0) is 30.7 Å². The first-order valence-electron chi connectivity index (χ1n) is 8.03. The Kier molecular flexibility index (Phi) is 3.57. The van der Waals surface area contributed by atoms with E-state index in [0.717, 1.165) is 29.6 Å². The van der Waals surface area contributed by atoms with Gasteiger partial charge in [-0.25, -0.2) is 4.98 Å². The standard InChI is InChI=1S/C17H19N5O/c23-17(18-10-15-12-4-3-6-13(12)20-21-15)8-9-22-11-19-14-5-1-2-7-16(14)22/h1-2,5,7,11H,3-4,6,8-10H2,(H,18,23)(H,20,21). The molecule has 0 unspecified atom stereocenters. The minimum absolute atomic E-state index is 0.0394. The summed E-state index contributed by atoms with van der Waals surface area (Å²) in [6.45, 7) is 1.14. The number of carbonyl (C=O) groups is 1. The predicted molar refractivity (Wildman–Crippen MR) is 86.8 cm³/mol. The highest BCUT2D eigenvalue weighted by Crippen LogP contribution is 2.22. The van der Waals surface area contributed by atoms with Crippen LogP contribution in [0.15, 0.2) is 30.6 Å². The number of carbonyl (C=O) groups excluding carboxylic acids is 1. The van der Waals surface area contributed by atoms with E-state index in [1.165, 1.54) is 17.7 Å². The number of para-hydroxylation sites is 2. The zero-order valence-electron chi connectivity index (χ0n) is 12.9. The summed E-state index contributed by atoms with van der Waals surface area (Å²) in [7, 11) is 0. The van der Waals surface area contributed by atoms with Crippen LogP contribution in [-0.4, -0.2) is 25.7 Å². The second-order valence-electron chi connectivity index (χ2n) is 5.93. The zero-order chi connectivity index (χ0) is 15.6. The van der Waals surface area contributed by atoms with Crippen molar-refractivity contribution in [1.82, 2.24) is 25.1 Å². The summed E-state index contributed by atoms with van der Waals surface area (Å²) in [4.78, 5) is 16.4. The quantitative estimate of drug-likeness (QED) is 0.756. The van der Waals surface area contributed by atoms with Gasteiger partial charge < -0.3 is 9.88 Å². The second kappa shape index (κ2) is 5.87. The average molecular weight is 309 g/mol. The van der Waals surface area contributed by atoms with Crippen LogP contribution in [0.2, 0.25) is 0 Å². The van der Waals surface area contributed by atoms with E-state index in [0.29, 0.717) is 19.5 Å². The highest BCUT2D eigenvalue weighted by Gasteiger charge is 2.18. The van der Waals surface area contributed by atoms with Gasteiger partial charge in [-0.3, -0.25) is 9.89 Å². The number of aryl methyl sites for hydroxylation is 2. The summed E-state index contributed by atoms with van der Waals surface area (Å²) in [5, 5.41) is 10.3. The molecule has 0 atom stereocenters. The number of hydrogen-bond acceptors (Lipinski definition) is 3. The normalized spacial score (nSPS) is 13.4. The Balaban J connectivity index is 1.33. The van der Waals surface area contributed by atoms with E-state index in [1.807, 2.05) is 28.8 Å². The smallest absolute Gasteiger partial charge is 0.222 e. The number of rotatable bonds is 5. The van der Waals surface area contributed by atoms with E-state index in [1.54, 1.807) is 6.33 Å². The van der Waals surface area contributed by atoms with Gasteiger partial charge in [-0.1, -0.05) is 12.1 Å². The molecule has 118 valence electrons. The molecule has 1 aliphatic carbocycles. The van der Waals surface area contributed by atoms with Crippen molar-refractivity contribution >= 4 is 16.9 Å². The fourth-order valence-electron chi connectivity index (χ4n) is 3.22. The molecular formula is C17H19N5O. The molecule has 6 nitrogen and oxygen atoms in total. The Morgan fingerprint density at radius 3 is 3.17 bits per heavy atom. The number of nitrogens with zero attached hydrogens (tertiary/aromatic N) is 3. The van der Waals surface area contributed by atoms with Crippen molar-refractivity contribution in [3.05, 3.63) is 47.5 Å². The Hall–Kier alpha value is -2.63. The molecule has 4 rings (SSSR count). The van der Waals surface area contributed by atoms with Crippen molar-refractivity contribution in [1.29, 1.82) is 0 Å². The lowest BCUT2D eigenvalue weighted by atomic mass is 10.2. The molecule has 0 aliphatic heterocycles. The van der Waals surface area contributed by atoms with E-state index in [-0.39, 0.29) is 5.91 Å². The summed E-state index contributed by atoms with van der Waals surface area (Å²) < 4.78 is 2.02. The molecule has 0 saturated carbocycles. The van der Waals surface area contributed by atoms with E-state index < -0.39 is 0 Å². The molecule has 0 fully saturated rings. The maximum atomic E-state index is 12.1. The summed E-state index contributed by atoms with van der Waals surface area (Å²) in [6.07, 6.45) is 5.55. The van der Waals surface area contributed by atoms with Crippen LogP contribution in [0.1, 0.15) is 29.8 Å². The van der Waals surface area contributed by atoms with Crippen LogP contribution >= 0.6 is 0 Å². The van der Waals surface area contributed by atoms with Crippen molar-refractivity contribution < 1.29 is 4.79 Å². The Labute approximate surface area is 133 Å². The van der Waals surface area contributed by atoms with Crippen LogP contribution in [0.3, 0.4) is 0 Å². The van der Waals surface area contributed by atoms with Crippen LogP contribution < -0.4 is 5.32 Å². The Morgan fingerprint density at radius 1 is 1.30 bits per heavy atom. The number of benzene rings is 1. The lowest BCUT2D eigenvalue weighted by molar-refractivity contribution is -0.121. The summed E-state index contributed by atoms with van der Waals surface area (Å²) in [6, 6.07) is 7.95. The van der Waals surface area contributed by atoms with Crippen LogP contribution in [0, 0.1) is 0 Å². The molecule has 0 saturated heterocycles. The lowest BCUT2D eigenvalue weighted by Gasteiger charge is -2.06. The molecule has 6 heteroatoms. The molecule has 2 aromatic heterocycles. The van der Waals surface area contributed by atoms with Gasteiger partial charge in [0, 0.05) is 18.7 Å². The largest absolute Gasteiger partial charge is 0.350 e. The highest BCUT2D eigenvalue weighted by molar-refractivity contribution is 5.77.